The van der Waals surface area contributed by atoms with Crippen LogP contribution in [0.25, 0.3) is 21.9 Å². The van der Waals surface area contributed by atoms with Crippen LogP contribution in [0.1, 0.15) is 0 Å². The molecule has 0 saturated heterocycles. The van der Waals surface area contributed by atoms with Crippen LogP contribution in [0.2, 0.25) is 0 Å². The monoisotopic (exact) mass is 483 g/mol. The zero-order valence-electron chi connectivity index (χ0n) is 17.7. The Kier molecular flexibility index (Phi) is 6.49. The van der Waals surface area contributed by atoms with Gasteiger partial charge in [0.25, 0.3) is 0 Å². The van der Waals surface area contributed by atoms with Crippen LogP contribution in [-0.4, -0.2) is 39.4 Å². The lowest BCUT2D eigenvalue weighted by Crippen LogP contribution is -2.34. The van der Waals surface area contributed by atoms with Gasteiger partial charge in [-0.3, -0.25) is 14.8 Å². The number of carboxylic acids is 1. The lowest BCUT2D eigenvalue weighted by Gasteiger charge is -2.11. The summed E-state index contributed by atoms with van der Waals surface area (Å²) in [6.07, 6.45) is 0.603. The fourth-order valence-corrected chi connectivity index (χ4v) is 3.20. The number of pyridine rings is 2. The molecule has 1 aliphatic heterocycles. The molecule has 4 aromatic rings. The lowest BCUT2D eigenvalue weighted by molar-refractivity contribution is -0.192. The summed E-state index contributed by atoms with van der Waals surface area (Å²) >= 11 is 0. The first-order valence-corrected chi connectivity index (χ1v) is 10.0. The summed E-state index contributed by atoms with van der Waals surface area (Å²) in [5, 5.41) is 11.9. The highest BCUT2D eigenvalue weighted by Crippen LogP contribution is 2.41. The summed E-state index contributed by atoms with van der Waals surface area (Å²) in [7, 11) is 0. The Labute approximate surface area is 196 Å². The predicted octanol–water partition coefficient (Wildman–Crippen LogP) is 4.67. The number of nitrogens with zero attached hydrogens (tertiary/aromatic N) is 2. The Morgan fingerprint density at radius 3 is 2.34 bits per heavy atom. The number of nitrogens with one attached hydrogen (secondary N) is 1. The Morgan fingerprint density at radius 1 is 0.914 bits per heavy atom. The van der Waals surface area contributed by atoms with Gasteiger partial charge in [-0.1, -0.05) is 30.3 Å². The number of carbonyl (C=O) groups is 2. The smallest absolute Gasteiger partial charge is 0.475 e. The average molecular weight is 483 g/mol. The van der Waals surface area contributed by atoms with E-state index < -0.39 is 24.3 Å². The maximum Gasteiger partial charge on any atom is 0.490 e. The standard InChI is InChI=1S/C22H15N3O3.C2HF3O2/c26-21(25-17-11-16(12-24-13-17)14-7-9-23-10-8-14)22-27-19-6-5-15-3-1-2-4-18(15)20(19)28-22;3-2(4,5)1(6)7/h1-13,22H,(H,25,26);(H,6,7). The van der Waals surface area contributed by atoms with Crippen molar-refractivity contribution in [2.75, 3.05) is 5.32 Å². The van der Waals surface area contributed by atoms with Crippen molar-refractivity contribution in [3.05, 3.63) is 79.4 Å². The summed E-state index contributed by atoms with van der Waals surface area (Å²) in [5.74, 6) is -2.01. The third kappa shape index (κ3) is 5.46. The molecule has 0 aliphatic carbocycles. The number of amides is 1. The van der Waals surface area contributed by atoms with Gasteiger partial charge >= 0.3 is 24.3 Å². The van der Waals surface area contributed by atoms with E-state index in [0.29, 0.717) is 17.2 Å². The van der Waals surface area contributed by atoms with Crippen molar-refractivity contribution in [3.63, 3.8) is 0 Å². The van der Waals surface area contributed by atoms with Crippen molar-refractivity contribution in [1.82, 2.24) is 9.97 Å². The van der Waals surface area contributed by atoms with Crippen LogP contribution >= 0.6 is 0 Å². The van der Waals surface area contributed by atoms with Crippen LogP contribution in [0.15, 0.2) is 79.4 Å². The number of anilines is 1. The van der Waals surface area contributed by atoms with Crippen molar-refractivity contribution < 1.29 is 37.3 Å². The van der Waals surface area contributed by atoms with Crippen molar-refractivity contribution in [2.24, 2.45) is 0 Å². The predicted molar refractivity (Wildman–Crippen MR) is 119 cm³/mol. The molecule has 11 heteroatoms. The summed E-state index contributed by atoms with van der Waals surface area (Å²) < 4.78 is 43.2. The fraction of sp³-hybridized carbons (Fsp3) is 0.0833. The molecule has 2 aromatic heterocycles. The van der Waals surface area contributed by atoms with Gasteiger partial charge in [-0.25, -0.2) is 4.79 Å². The van der Waals surface area contributed by atoms with Crippen LogP contribution in [-0.2, 0) is 9.59 Å². The third-order valence-electron chi connectivity index (χ3n) is 4.78. The van der Waals surface area contributed by atoms with Gasteiger partial charge in [0.2, 0.25) is 0 Å². The number of hydrogen-bond acceptors (Lipinski definition) is 6. The number of rotatable bonds is 3. The van der Waals surface area contributed by atoms with Crippen LogP contribution < -0.4 is 14.8 Å². The van der Waals surface area contributed by atoms with Crippen molar-refractivity contribution in [2.45, 2.75) is 12.5 Å². The molecule has 1 aliphatic rings. The van der Waals surface area contributed by atoms with E-state index >= 15 is 0 Å². The molecule has 0 saturated carbocycles. The number of aliphatic carboxylic acids is 1. The normalized spacial score (nSPS) is 14.1. The van der Waals surface area contributed by atoms with Crippen LogP contribution in [0.5, 0.6) is 11.5 Å². The maximum absolute atomic E-state index is 12.7. The van der Waals surface area contributed by atoms with Crippen LogP contribution in [0.4, 0.5) is 18.9 Å². The minimum Gasteiger partial charge on any atom is -0.475 e. The molecule has 178 valence electrons. The summed E-state index contributed by atoms with van der Waals surface area (Å²) in [6.45, 7) is 0. The summed E-state index contributed by atoms with van der Waals surface area (Å²) in [6, 6.07) is 17.2. The molecule has 0 fully saturated rings. The minimum atomic E-state index is -5.08. The summed E-state index contributed by atoms with van der Waals surface area (Å²) in [4.78, 5) is 29.8. The highest BCUT2D eigenvalue weighted by atomic mass is 19.4. The molecule has 2 aromatic carbocycles. The number of carboxylic acid groups (broad SMARTS) is 1. The molecule has 0 spiro atoms. The Morgan fingerprint density at radius 2 is 1.63 bits per heavy atom. The second-order valence-corrected chi connectivity index (χ2v) is 7.17. The van der Waals surface area contributed by atoms with E-state index in [1.807, 2.05) is 54.6 Å². The highest BCUT2D eigenvalue weighted by Gasteiger charge is 2.38. The van der Waals surface area contributed by atoms with Crippen LogP contribution in [0, 0.1) is 0 Å². The number of aromatic nitrogens is 2. The number of benzene rings is 2. The molecule has 0 radical (unpaired) electrons. The first-order chi connectivity index (χ1) is 16.7. The van der Waals surface area contributed by atoms with Gasteiger partial charge in [0, 0.05) is 29.5 Å². The topological polar surface area (TPSA) is 111 Å². The molecular formula is C24H16F3N3O5. The molecule has 2 N–H and O–H groups in total. The van der Waals surface area contributed by atoms with Crippen molar-refractivity contribution in [1.29, 1.82) is 0 Å². The van der Waals surface area contributed by atoms with Gasteiger partial charge in [-0.05, 0) is 35.2 Å². The summed E-state index contributed by atoms with van der Waals surface area (Å²) in [5.41, 5.74) is 2.40. The molecular weight excluding hydrogens is 467 g/mol. The highest BCUT2D eigenvalue weighted by molar-refractivity contribution is 5.97. The molecule has 3 heterocycles. The van der Waals surface area contributed by atoms with E-state index in [4.69, 9.17) is 19.4 Å². The first kappa shape index (κ1) is 23.5. The quantitative estimate of drug-likeness (QED) is 0.436. The van der Waals surface area contributed by atoms with E-state index in [9.17, 15) is 18.0 Å². The molecule has 1 amide bonds. The zero-order valence-corrected chi connectivity index (χ0v) is 17.7. The van der Waals surface area contributed by atoms with Gasteiger partial charge in [-0.2, -0.15) is 13.2 Å². The van der Waals surface area contributed by atoms with E-state index in [1.165, 1.54) is 0 Å². The van der Waals surface area contributed by atoms with Gasteiger partial charge in [0.1, 0.15) is 0 Å². The number of hydrogen-bond donors (Lipinski definition) is 2. The van der Waals surface area contributed by atoms with Crippen molar-refractivity contribution in [3.8, 4) is 22.6 Å². The van der Waals surface area contributed by atoms with Crippen molar-refractivity contribution >= 4 is 28.3 Å². The molecule has 1 atom stereocenters. The van der Waals surface area contributed by atoms with E-state index in [-0.39, 0.29) is 0 Å². The maximum atomic E-state index is 12.7. The van der Waals surface area contributed by atoms with E-state index in [0.717, 1.165) is 21.9 Å². The van der Waals surface area contributed by atoms with Gasteiger partial charge in [0.05, 0.1) is 11.9 Å². The molecule has 8 nitrogen and oxygen atoms in total. The van der Waals surface area contributed by atoms with Gasteiger partial charge in [-0.15, -0.1) is 0 Å². The number of halogens is 3. The Hall–Kier alpha value is -4.67. The Bertz CT molecular complexity index is 1380. The van der Waals surface area contributed by atoms with E-state index in [2.05, 4.69) is 15.3 Å². The molecule has 1 unspecified atom stereocenters. The van der Waals surface area contributed by atoms with Gasteiger partial charge in [0.15, 0.2) is 11.5 Å². The second-order valence-electron chi connectivity index (χ2n) is 7.17. The average Bonchev–Trinajstić information content (AvgIpc) is 3.30. The number of ether oxygens (including phenoxy) is 2. The van der Waals surface area contributed by atoms with E-state index in [1.54, 1.807) is 24.8 Å². The molecule has 35 heavy (non-hydrogen) atoms. The SMILES string of the molecule is O=C(Nc1cncc(-c2ccncc2)c1)C1Oc2ccc3ccccc3c2O1.O=C(O)C(F)(F)F. The lowest BCUT2D eigenvalue weighted by atomic mass is 10.1. The van der Waals surface area contributed by atoms with Gasteiger partial charge < -0.3 is 19.9 Å². The fourth-order valence-electron chi connectivity index (χ4n) is 3.20. The molecule has 5 rings (SSSR count). The first-order valence-electron chi connectivity index (χ1n) is 10.0. The minimum absolute atomic E-state index is 0.394. The Balaban J connectivity index is 0.000000364. The number of alkyl halides is 3. The molecule has 0 bridgehead atoms. The number of fused-ring (bicyclic) bond motifs is 3. The zero-order chi connectivity index (χ0) is 25.0. The van der Waals surface area contributed by atoms with Crippen LogP contribution in [0.3, 0.4) is 0 Å². The largest absolute Gasteiger partial charge is 0.490 e. The number of carbonyl (C=O) groups excluding carboxylic acids is 1. The third-order valence-corrected chi connectivity index (χ3v) is 4.78. The second kappa shape index (κ2) is 9.67.